The minimum absolute atomic E-state index is 0.0782. The first kappa shape index (κ1) is 56.4. The zero-order valence-electron chi connectivity index (χ0n) is 42.7. The molecule has 0 aromatic carbocycles. The van der Waals surface area contributed by atoms with Crippen LogP contribution in [-0.4, -0.2) is 240 Å². The molecule has 6 saturated heterocycles. The standard InChI is InChI=1S/C51H84O23/c1-20-7-12-51(65-19-20)21(2)32-27(74-51)14-26-24-6-5-22-13-23(8-10-49(22,3)25(24)9-11-50(26,32)4)66-45-41(64)38(61)42(31(18-55)70-45)71-48-44(73-47-40(63)37(60)34(57)29(16-53)68-47)43(35(58)30(17-54)69-48)72-46-39(62)36(59)33(56)28(15-52)67-46/h20-48,52-64H,5-19H2,1-4H3/t20-,21?,22+,23+,24-,25+,26+,27?,28-,29-,30-,31-,32?,33-,34-,35-,36+,37+,38-,39-,40-,41-,42+,43+,44-,45-,46+,47+,48+,49+,50+,51-/m1/s1. The fourth-order valence-electron chi connectivity index (χ4n) is 16.2. The van der Waals surface area contributed by atoms with Crippen molar-refractivity contribution in [2.45, 2.75) is 233 Å². The molecule has 0 amide bonds. The lowest BCUT2D eigenvalue weighted by Gasteiger charge is -2.61. The molecule has 10 aliphatic rings. The van der Waals surface area contributed by atoms with Gasteiger partial charge in [-0.15, -0.1) is 0 Å². The summed E-state index contributed by atoms with van der Waals surface area (Å²) in [4.78, 5) is 0. The summed E-state index contributed by atoms with van der Waals surface area (Å²) in [5, 5.41) is 140. The maximum Gasteiger partial charge on any atom is 0.187 e. The van der Waals surface area contributed by atoms with Crippen molar-refractivity contribution in [3.63, 3.8) is 0 Å². The van der Waals surface area contributed by atoms with E-state index in [9.17, 15) is 66.4 Å². The molecule has 23 nitrogen and oxygen atoms in total. The third-order valence-corrected chi connectivity index (χ3v) is 20.4. The van der Waals surface area contributed by atoms with Crippen LogP contribution < -0.4 is 0 Å². The fourth-order valence-corrected chi connectivity index (χ4v) is 16.2. The summed E-state index contributed by atoms with van der Waals surface area (Å²) in [6, 6.07) is 0. The Hall–Kier alpha value is -0.920. The monoisotopic (exact) mass is 1060 g/mol. The summed E-state index contributed by atoms with van der Waals surface area (Å²) < 4.78 is 61.6. The summed E-state index contributed by atoms with van der Waals surface area (Å²) in [7, 11) is 0. The quantitative estimate of drug-likeness (QED) is 0.0872. The number of rotatable bonds is 12. The Morgan fingerprint density at radius 3 is 1.62 bits per heavy atom. The first-order valence-corrected chi connectivity index (χ1v) is 27.3. The van der Waals surface area contributed by atoms with Gasteiger partial charge in [-0.1, -0.05) is 27.7 Å². The van der Waals surface area contributed by atoms with E-state index in [2.05, 4.69) is 27.7 Å². The molecule has 4 aliphatic carbocycles. The van der Waals surface area contributed by atoms with Crippen molar-refractivity contribution in [3.8, 4) is 0 Å². The first-order chi connectivity index (χ1) is 35.2. The van der Waals surface area contributed by atoms with Crippen molar-refractivity contribution in [1.29, 1.82) is 0 Å². The van der Waals surface area contributed by atoms with Gasteiger partial charge in [-0.3, -0.25) is 0 Å². The van der Waals surface area contributed by atoms with Crippen molar-refractivity contribution < 1.29 is 114 Å². The van der Waals surface area contributed by atoms with Crippen LogP contribution in [0.5, 0.6) is 0 Å². The van der Waals surface area contributed by atoms with Gasteiger partial charge in [0.2, 0.25) is 0 Å². The molecule has 0 aromatic rings. The Balaban J connectivity index is 0.820. The molecule has 1 spiro atoms. The molecule has 10 fully saturated rings. The van der Waals surface area contributed by atoms with Gasteiger partial charge in [-0.2, -0.15) is 0 Å². The van der Waals surface area contributed by atoms with Crippen LogP contribution in [0.4, 0.5) is 0 Å². The van der Waals surface area contributed by atoms with Crippen molar-refractivity contribution in [3.05, 3.63) is 0 Å². The number of ether oxygens (including phenoxy) is 10. The molecular weight excluding hydrogens is 981 g/mol. The van der Waals surface area contributed by atoms with E-state index in [0.717, 1.165) is 58.0 Å². The van der Waals surface area contributed by atoms with Gasteiger partial charge in [0.15, 0.2) is 30.9 Å². The zero-order valence-corrected chi connectivity index (χ0v) is 42.7. The molecule has 426 valence electrons. The Labute approximate surface area is 430 Å². The van der Waals surface area contributed by atoms with Gasteiger partial charge in [-0.05, 0) is 104 Å². The zero-order chi connectivity index (χ0) is 52.9. The molecule has 4 saturated carbocycles. The molecular formula is C51H84O23. The van der Waals surface area contributed by atoms with Crippen LogP contribution in [0.25, 0.3) is 0 Å². The highest BCUT2D eigenvalue weighted by Gasteiger charge is 2.69. The molecule has 0 aromatic heterocycles. The lowest BCUT2D eigenvalue weighted by atomic mass is 9.44. The Morgan fingerprint density at radius 1 is 0.473 bits per heavy atom. The van der Waals surface area contributed by atoms with E-state index >= 15 is 0 Å². The molecule has 6 heterocycles. The predicted octanol–water partition coefficient (Wildman–Crippen LogP) is -2.91. The maximum absolute atomic E-state index is 11.8. The molecule has 10 rings (SSSR count). The maximum atomic E-state index is 11.8. The van der Waals surface area contributed by atoms with Crippen LogP contribution in [0.15, 0.2) is 0 Å². The van der Waals surface area contributed by atoms with E-state index < -0.39 is 155 Å². The molecule has 0 radical (unpaired) electrons. The van der Waals surface area contributed by atoms with Crippen LogP contribution in [0.1, 0.15) is 91.9 Å². The number of aliphatic hydroxyl groups excluding tert-OH is 13. The highest BCUT2D eigenvalue weighted by atomic mass is 16.8. The van der Waals surface area contributed by atoms with Crippen molar-refractivity contribution >= 4 is 0 Å². The van der Waals surface area contributed by atoms with Crippen molar-refractivity contribution in [1.82, 2.24) is 0 Å². The van der Waals surface area contributed by atoms with Gasteiger partial charge in [-0.25, -0.2) is 0 Å². The molecule has 32 atom stereocenters. The van der Waals surface area contributed by atoms with Gasteiger partial charge < -0.3 is 114 Å². The molecule has 6 aliphatic heterocycles. The highest BCUT2D eigenvalue weighted by Crippen LogP contribution is 2.71. The van der Waals surface area contributed by atoms with Crippen LogP contribution in [0.2, 0.25) is 0 Å². The van der Waals surface area contributed by atoms with Crippen LogP contribution >= 0.6 is 0 Å². The van der Waals surface area contributed by atoms with E-state index in [1.54, 1.807) is 0 Å². The number of hydrogen-bond acceptors (Lipinski definition) is 23. The number of fused-ring (bicyclic) bond motifs is 7. The molecule has 3 unspecified atom stereocenters. The van der Waals surface area contributed by atoms with Crippen LogP contribution in [0, 0.1) is 52.3 Å². The smallest absolute Gasteiger partial charge is 0.187 e. The van der Waals surface area contributed by atoms with E-state index in [-0.39, 0.29) is 23.0 Å². The summed E-state index contributed by atoms with van der Waals surface area (Å²) in [6.45, 7) is 6.96. The van der Waals surface area contributed by atoms with Crippen molar-refractivity contribution in [2.75, 3.05) is 33.0 Å². The molecule has 74 heavy (non-hydrogen) atoms. The molecule has 23 heteroatoms. The average Bonchev–Trinajstić information content (AvgIpc) is 3.84. The Bertz CT molecular complexity index is 1880. The van der Waals surface area contributed by atoms with E-state index in [1.807, 2.05) is 0 Å². The van der Waals surface area contributed by atoms with Gasteiger partial charge in [0.25, 0.3) is 0 Å². The number of hydrogen-bond donors (Lipinski definition) is 13. The third kappa shape index (κ3) is 9.56. The second-order valence-corrected chi connectivity index (χ2v) is 24.3. The summed E-state index contributed by atoms with van der Waals surface area (Å²) >= 11 is 0. The Kier molecular flexibility index (Phi) is 16.6. The predicted molar refractivity (Wildman–Crippen MR) is 248 cm³/mol. The Morgan fingerprint density at radius 2 is 1.01 bits per heavy atom. The first-order valence-electron chi connectivity index (χ1n) is 27.3. The van der Waals surface area contributed by atoms with Crippen molar-refractivity contribution in [2.24, 2.45) is 52.3 Å². The highest BCUT2D eigenvalue weighted by molar-refractivity contribution is 5.15. The average molecular weight is 1070 g/mol. The molecule has 0 bridgehead atoms. The normalized spacial score (nSPS) is 57.6. The topological polar surface area (TPSA) is 355 Å². The summed E-state index contributed by atoms with van der Waals surface area (Å²) in [5.41, 5.74) is 0.270. The van der Waals surface area contributed by atoms with Gasteiger partial charge in [0.05, 0.1) is 45.2 Å². The van der Waals surface area contributed by atoms with Gasteiger partial charge in [0, 0.05) is 12.3 Å². The largest absolute Gasteiger partial charge is 0.394 e. The summed E-state index contributed by atoms with van der Waals surface area (Å²) in [6.07, 6.45) is -25.9. The van der Waals surface area contributed by atoms with E-state index in [4.69, 9.17) is 47.4 Å². The van der Waals surface area contributed by atoms with Gasteiger partial charge in [0.1, 0.15) is 97.7 Å². The second-order valence-electron chi connectivity index (χ2n) is 24.3. The number of aliphatic hydroxyl groups is 13. The summed E-state index contributed by atoms with van der Waals surface area (Å²) in [5.74, 6) is 2.99. The van der Waals surface area contributed by atoms with Gasteiger partial charge >= 0.3 is 0 Å². The lowest BCUT2D eigenvalue weighted by Crippen LogP contribution is -2.68. The second kappa shape index (κ2) is 21.9. The van der Waals surface area contributed by atoms with Crippen LogP contribution in [-0.2, 0) is 47.4 Å². The lowest BCUT2D eigenvalue weighted by molar-refractivity contribution is -0.406. The third-order valence-electron chi connectivity index (χ3n) is 20.4. The van der Waals surface area contributed by atoms with E-state index in [1.165, 1.54) is 0 Å². The SMILES string of the molecule is CC1C2C(C[C@H]3[C@@H]4CC[C@H]5C[C@@H](O[C@@H]6O[C@H](CO)[C@H](O[C@@H]7O[C@H](CO)[C@@H](O)[C@H](O[C@@H]8O[C@H](CO)[C@@H](O)[C@H](O)[C@H]8O)[C@H]7O[C@@H]7O[C@H](CO)[C@@H](O)[C@H](O)[C@H]7O)[C@H](O)[C@H]6O)CC[C@]5(C)[C@H]4CC[C@]23C)O[C@]12CC[C@@H](C)CO2. The van der Waals surface area contributed by atoms with E-state index in [0.29, 0.717) is 54.3 Å². The fraction of sp³-hybridized carbons (Fsp3) is 1.00. The molecule has 13 N–H and O–H groups in total. The minimum Gasteiger partial charge on any atom is -0.394 e. The van der Waals surface area contributed by atoms with Crippen LogP contribution in [0.3, 0.4) is 0 Å². The minimum atomic E-state index is -2.03.